The number of hydrogen-bond donors (Lipinski definition) is 1. The van der Waals surface area contributed by atoms with Crippen molar-refractivity contribution in [3.63, 3.8) is 0 Å². The highest BCUT2D eigenvalue weighted by Gasteiger charge is 2.09. The second-order valence-electron chi connectivity index (χ2n) is 6.31. The number of aromatic nitrogens is 4. The molecular formula is C19H19Cl2N5O3. The number of ether oxygens (including phenoxy) is 1. The van der Waals surface area contributed by atoms with Gasteiger partial charge in [-0.2, -0.15) is 5.10 Å². The molecule has 2 heterocycles. The summed E-state index contributed by atoms with van der Waals surface area (Å²) < 4.78 is 8.32. The van der Waals surface area contributed by atoms with Gasteiger partial charge in [0.15, 0.2) is 12.4 Å². The summed E-state index contributed by atoms with van der Waals surface area (Å²) in [6.45, 7) is 4.00. The number of benzene rings is 1. The highest BCUT2D eigenvalue weighted by Crippen LogP contribution is 2.27. The predicted octanol–water partition coefficient (Wildman–Crippen LogP) is 2.55. The molecule has 0 spiro atoms. The Hall–Kier alpha value is -2.84. The molecule has 29 heavy (non-hydrogen) atoms. The fourth-order valence-electron chi connectivity index (χ4n) is 2.66. The van der Waals surface area contributed by atoms with Crippen molar-refractivity contribution in [3.05, 3.63) is 68.2 Å². The lowest BCUT2D eigenvalue weighted by Crippen LogP contribution is -2.34. The van der Waals surface area contributed by atoms with Crippen LogP contribution in [0.15, 0.2) is 41.2 Å². The molecule has 0 fully saturated rings. The second kappa shape index (κ2) is 9.11. The van der Waals surface area contributed by atoms with E-state index < -0.39 is 0 Å². The molecule has 3 aromatic rings. The maximum absolute atomic E-state index is 12.1. The molecule has 2 aromatic heterocycles. The lowest BCUT2D eigenvalue weighted by molar-refractivity contribution is -0.123. The first kappa shape index (κ1) is 20.9. The van der Waals surface area contributed by atoms with E-state index in [1.165, 1.54) is 16.8 Å². The Labute approximate surface area is 177 Å². The third-order valence-electron chi connectivity index (χ3n) is 3.98. The fourth-order valence-corrected chi connectivity index (χ4v) is 3.12. The van der Waals surface area contributed by atoms with Gasteiger partial charge in [-0.3, -0.25) is 9.59 Å². The number of aryl methyl sites for hydroxylation is 2. The van der Waals surface area contributed by atoms with Gasteiger partial charge in [-0.25, -0.2) is 9.36 Å². The maximum Gasteiger partial charge on any atom is 0.266 e. The van der Waals surface area contributed by atoms with Crippen LogP contribution < -0.4 is 15.6 Å². The van der Waals surface area contributed by atoms with Gasteiger partial charge in [-0.15, -0.1) is 5.10 Å². The quantitative estimate of drug-likeness (QED) is 0.615. The van der Waals surface area contributed by atoms with Crippen molar-refractivity contribution in [2.24, 2.45) is 0 Å². The molecule has 0 radical (unpaired) electrons. The minimum atomic E-state index is -0.348. The molecule has 10 heteroatoms. The average Bonchev–Trinajstić information content (AvgIpc) is 3.00. The Morgan fingerprint density at radius 1 is 1.14 bits per heavy atom. The molecule has 1 N–H and O–H groups in total. The number of carbonyl (C=O) groups excluding carboxylic acids is 1. The van der Waals surface area contributed by atoms with Crippen molar-refractivity contribution in [1.29, 1.82) is 0 Å². The van der Waals surface area contributed by atoms with Gasteiger partial charge in [0.1, 0.15) is 5.75 Å². The van der Waals surface area contributed by atoms with Gasteiger partial charge in [0, 0.05) is 23.3 Å². The summed E-state index contributed by atoms with van der Waals surface area (Å²) in [7, 11) is 0. The number of carbonyl (C=O) groups is 1. The standard InChI is InChI=1S/C19H19Cl2N5O3/c1-12-9-13(2)26(23-12)17-5-6-19(28)25(24-17)8-7-22-18(27)11-29-16-4-3-14(20)10-15(16)21/h3-6,9-10H,7-8,11H2,1-2H3,(H,22,27). The molecule has 1 aromatic carbocycles. The molecule has 0 bridgehead atoms. The molecular weight excluding hydrogens is 417 g/mol. The number of halogens is 2. The van der Waals surface area contributed by atoms with Crippen LogP contribution in [0, 0.1) is 13.8 Å². The minimum absolute atomic E-state index is 0.208. The summed E-state index contributed by atoms with van der Waals surface area (Å²) >= 11 is 11.8. The molecule has 0 atom stereocenters. The number of nitrogens with zero attached hydrogens (tertiary/aromatic N) is 4. The lowest BCUT2D eigenvalue weighted by atomic mass is 10.3. The van der Waals surface area contributed by atoms with E-state index in [4.69, 9.17) is 27.9 Å². The molecule has 0 aliphatic heterocycles. The van der Waals surface area contributed by atoms with Crippen LogP contribution in [0.1, 0.15) is 11.4 Å². The molecule has 8 nitrogen and oxygen atoms in total. The summed E-state index contributed by atoms with van der Waals surface area (Å²) in [6, 6.07) is 9.70. The van der Waals surface area contributed by atoms with E-state index in [1.54, 1.807) is 22.9 Å². The smallest absolute Gasteiger partial charge is 0.266 e. The zero-order valence-corrected chi connectivity index (χ0v) is 17.4. The third kappa shape index (κ3) is 5.36. The summed E-state index contributed by atoms with van der Waals surface area (Å²) in [6.07, 6.45) is 0. The van der Waals surface area contributed by atoms with E-state index in [-0.39, 0.29) is 31.2 Å². The van der Waals surface area contributed by atoms with Crippen LogP contribution in [0.4, 0.5) is 0 Å². The summed E-state index contributed by atoms with van der Waals surface area (Å²) in [5.41, 5.74) is 1.50. The first-order valence-electron chi connectivity index (χ1n) is 8.80. The normalized spacial score (nSPS) is 10.8. The largest absolute Gasteiger partial charge is 0.482 e. The van der Waals surface area contributed by atoms with Gasteiger partial charge in [-0.1, -0.05) is 23.2 Å². The molecule has 0 aliphatic carbocycles. The van der Waals surface area contributed by atoms with Crippen LogP contribution in [0.25, 0.3) is 5.82 Å². The van der Waals surface area contributed by atoms with Crippen LogP contribution >= 0.6 is 23.2 Å². The molecule has 1 amide bonds. The summed E-state index contributed by atoms with van der Waals surface area (Å²) in [5.74, 6) is 0.544. The zero-order valence-electron chi connectivity index (χ0n) is 15.9. The van der Waals surface area contributed by atoms with E-state index in [1.807, 2.05) is 19.9 Å². The third-order valence-corrected chi connectivity index (χ3v) is 4.51. The number of amides is 1. The number of nitrogens with one attached hydrogen (secondary N) is 1. The maximum atomic E-state index is 12.1. The Morgan fingerprint density at radius 2 is 1.93 bits per heavy atom. The van der Waals surface area contributed by atoms with Gasteiger partial charge in [0.05, 0.1) is 17.3 Å². The molecule has 3 rings (SSSR count). The van der Waals surface area contributed by atoms with Crippen molar-refractivity contribution in [1.82, 2.24) is 24.9 Å². The summed E-state index contributed by atoms with van der Waals surface area (Å²) in [4.78, 5) is 24.0. The Morgan fingerprint density at radius 3 is 2.62 bits per heavy atom. The first-order chi connectivity index (χ1) is 13.8. The predicted molar refractivity (Wildman–Crippen MR) is 110 cm³/mol. The van der Waals surface area contributed by atoms with Gasteiger partial charge < -0.3 is 10.1 Å². The van der Waals surface area contributed by atoms with E-state index >= 15 is 0 Å². The van der Waals surface area contributed by atoms with Crippen molar-refractivity contribution < 1.29 is 9.53 Å². The lowest BCUT2D eigenvalue weighted by Gasteiger charge is -2.10. The molecule has 0 saturated heterocycles. The molecule has 0 saturated carbocycles. The topological polar surface area (TPSA) is 91.0 Å². The molecule has 152 valence electrons. The van der Waals surface area contributed by atoms with Crippen LogP contribution in [0.3, 0.4) is 0 Å². The van der Waals surface area contributed by atoms with Crippen molar-refractivity contribution in [2.45, 2.75) is 20.4 Å². The van der Waals surface area contributed by atoms with Gasteiger partial charge in [-0.05, 0) is 44.2 Å². The Bertz CT molecular complexity index is 1090. The van der Waals surface area contributed by atoms with Crippen LogP contribution in [-0.2, 0) is 11.3 Å². The number of rotatable bonds is 7. The van der Waals surface area contributed by atoms with Gasteiger partial charge >= 0.3 is 0 Å². The highest BCUT2D eigenvalue weighted by atomic mass is 35.5. The van der Waals surface area contributed by atoms with E-state index in [9.17, 15) is 9.59 Å². The highest BCUT2D eigenvalue weighted by molar-refractivity contribution is 6.35. The Kier molecular flexibility index (Phi) is 6.56. The minimum Gasteiger partial charge on any atom is -0.482 e. The van der Waals surface area contributed by atoms with Crippen LogP contribution in [0.2, 0.25) is 10.0 Å². The number of hydrogen-bond acceptors (Lipinski definition) is 5. The van der Waals surface area contributed by atoms with Crippen molar-refractivity contribution >= 4 is 29.1 Å². The zero-order chi connectivity index (χ0) is 21.0. The second-order valence-corrected chi connectivity index (χ2v) is 7.15. The van der Waals surface area contributed by atoms with Crippen LogP contribution in [0.5, 0.6) is 5.75 Å². The molecule has 0 unspecified atom stereocenters. The summed E-state index contributed by atoms with van der Waals surface area (Å²) in [5, 5.41) is 12.2. The average molecular weight is 436 g/mol. The molecule has 0 aliphatic rings. The van der Waals surface area contributed by atoms with Gasteiger partial charge in [0.2, 0.25) is 0 Å². The monoisotopic (exact) mass is 435 g/mol. The fraction of sp³-hybridized carbons (Fsp3) is 0.263. The van der Waals surface area contributed by atoms with Crippen molar-refractivity contribution in [2.75, 3.05) is 13.2 Å². The van der Waals surface area contributed by atoms with E-state index in [0.29, 0.717) is 21.6 Å². The van der Waals surface area contributed by atoms with Gasteiger partial charge in [0.25, 0.3) is 11.5 Å². The first-order valence-corrected chi connectivity index (χ1v) is 9.55. The SMILES string of the molecule is Cc1cc(C)n(-c2ccc(=O)n(CCNC(=O)COc3ccc(Cl)cc3Cl)n2)n1. The Balaban J connectivity index is 1.56. The van der Waals surface area contributed by atoms with Crippen LogP contribution in [-0.4, -0.2) is 38.6 Å². The van der Waals surface area contributed by atoms with Crippen molar-refractivity contribution in [3.8, 4) is 11.6 Å². The van der Waals surface area contributed by atoms with E-state index in [2.05, 4.69) is 15.5 Å². The van der Waals surface area contributed by atoms with E-state index in [0.717, 1.165) is 11.4 Å².